The van der Waals surface area contributed by atoms with E-state index in [2.05, 4.69) is 40.9 Å². The molecular formula is C26H25ClN8O2S. The first-order chi connectivity index (χ1) is 18.5. The van der Waals surface area contributed by atoms with E-state index in [-0.39, 0.29) is 30.6 Å². The summed E-state index contributed by atoms with van der Waals surface area (Å²) in [5.74, 6) is 1.09. The van der Waals surface area contributed by atoms with E-state index >= 15 is 0 Å². The first-order valence-corrected chi connectivity index (χ1v) is 13.4. The molecule has 3 aromatic heterocycles. The highest BCUT2D eigenvalue weighted by molar-refractivity contribution is 7.15. The maximum absolute atomic E-state index is 12.4. The summed E-state index contributed by atoms with van der Waals surface area (Å²) in [5.41, 5.74) is 1.54. The minimum absolute atomic E-state index is 0.153. The Labute approximate surface area is 228 Å². The van der Waals surface area contributed by atoms with Gasteiger partial charge in [-0.05, 0) is 54.8 Å². The quantitative estimate of drug-likeness (QED) is 0.337. The molecule has 1 aromatic carbocycles. The number of amides is 2. The molecule has 12 heteroatoms. The molecule has 5 rings (SSSR count). The number of aromatic nitrogens is 5. The molecule has 1 saturated heterocycles. The lowest BCUT2D eigenvalue weighted by molar-refractivity contribution is -0.116. The number of carbonyl (C=O) groups is 2. The molecule has 194 valence electrons. The van der Waals surface area contributed by atoms with Gasteiger partial charge < -0.3 is 15.5 Å². The lowest BCUT2D eigenvalue weighted by atomic mass is 9.98. The zero-order chi connectivity index (χ0) is 26.3. The van der Waals surface area contributed by atoms with Crippen LogP contribution in [0, 0.1) is 0 Å². The fourth-order valence-corrected chi connectivity index (χ4v) is 5.36. The fourth-order valence-electron chi connectivity index (χ4n) is 4.22. The predicted octanol–water partition coefficient (Wildman–Crippen LogP) is 4.12. The number of carbonyl (C=O) groups excluding carboxylic acids is 2. The van der Waals surface area contributed by atoms with Crippen LogP contribution >= 0.6 is 22.9 Å². The summed E-state index contributed by atoms with van der Waals surface area (Å²) >= 11 is 7.41. The molecule has 2 amide bonds. The van der Waals surface area contributed by atoms with Crippen LogP contribution < -0.4 is 15.5 Å². The molecule has 4 aromatic rings. The second kappa shape index (κ2) is 12.1. The van der Waals surface area contributed by atoms with Gasteiger partial charge in [0.15, 0.2) is 11.6 Å². The maximum atomic E-state index is 12.4. The van der Waals surface area contributed by atoms with Gasteiger partial charge in [-0.25, -0.2) is 0 Å². The number of hydrogen-bond donors (Lipinski definition) is 2. The van der Waals surface area contributed by atoms with E-state index < -0.39 is 0 Å². The van der Waals surface area contributed by atoms with Crippen molar-refractivity contribution < 1.29 is 9.59 Å². The molecule has 0 radical (unpaired) electrons. The van der Waals surface area contributed by atoms with Crippen molar-refractivity contribution in [3.05, 3.63) is 82.1 Å². The third-order valence-corrected chi connectivity index (χ3v) is 7.33. The van der Waals surface area contributed by atoms with Gasteiger partial charge >= 0.3 is 0 Å². The number of anilines is 3. The summed E-state index contributed by atoms with van der Waals surface area (Å²) in [4.78, 5) is 30.9. The van der Waals surface area contributed by atoms with Crippen LogP contribution in [0.4, 0.5) is 16.8 Å². The Morgan fingerprint density at radius 2 is 1.76 bits per heavy atom. The average molecular weight is 549 g/mol. The molecule has 1 aliphatic rings. The van der Waals surface area contributed by atoms with E-state index in [0.717, 1.165) is 42.3 Å². The van der Waals surface area contributed by atoms with Gasteiger partial charge in [-0.15, -0.1) is 20.4 Å². The molecule has 38 heavy (non-hydrogen) atoms. The molecule has 4 heterocycles. The van der Waals surface area contributed by atoms with E-state index in [0.29, 0.717) is 21.7 Å². The summed E-state index contributed by atoms with van der Waals surface area (Å²) in [6.45, 7) is 1.58. The number of piperidine rings is 1. The van der Waals surface area contributed by atoms with Crippen LogP contribution in [0.15, 0.2) is 60.8 Å². The van der Waals surface area contributed by atoms with Crippen LogP contribution in [-0.2, 0) is 22.4 Å². The van der Waals surface area contributed by atoms with Crippen LogP contribution in [0.3, 0.4) is 0 Å². The zero-order valence-electron chi connectivity index (χ0n) is 20.4. The molecule has 0 saturated carbocycles. The smallest absolute Gasteiger partial charge is 0.231 e. The highest BCUT2D eigenvalue weighted by atomic mass is 35.5. The van der Waals surface area contributed by atoms with Crippen molar-refractivity contribution in [1.29, 1.82) is 0 Å². The summed E-state index contributed by atoms with van der Waals surface area (Å²) in [5, 5.41) is 24.6. The van der Waals surface area contributed by atoms with Crippen LogP contribution in [0.1, 0.15) is 35.0 Å². The average Bonchev–Trinajstić information content (AvgIpc) is 3.38. The van der Waals surface area contributed by atoms with Gasteiger partial charge in [-0.2, -0.15) is 0 Å². The molecule has 1 aliphatic heterocycles. The van der Waals surface area contributed by atoms with Crippen molar-refractivity contribution in [1.82, 2.24) is 25.4 Å². The van der Waals surface area contributed by atoms with Crippen molar-refractivity contribution in [3.8, 4) is 0 Å². The number of rotatable bonds is 8. The lowest BCUT2D eigenvalue weighted by Gasteiger charge is -2.31. The van der Waals surface area contributed by atoms with Gasteiger partial charge in [0, 0.05) is 35.9 Å². The van der Waals surface area contributed by atoms with E-state index in [9.17, 15) is 9.59 Å². The van der Waals surface area contributed by atoms with Crippen molar-refractivity contribution >= 4 is 51.5 Å². The molecule has 10 nitrogen and oxygen atoms in total. The summed E-state index contributed by atoms with van der Waals surface area (Å²) < 4.78 is 0. The molecule has 1 fully saturated rings. The molecular weight excluding hydrogens is 524 g/mol. The standard InChI is InChI=1S/C26H25ClN8O2S/c27-19-5-3-4-17(14-19)15-23(36)30-26-34-33-25(38-26)18-9-12-35(13-10-18)22-8-7-21(31-32-22)29-24(37)16-20-6-1-2-11-28-20/h1-8,11,14,18H,9-10,12-13,15-16H2,(H,29,31,37)(H,30,34,36). The zero-order valence-corrected chi connectivity index (χ0v) is 22.0. The Hall–Kier alpha value is -3.96. The van der Waals surface area contributed by atoms with Crippen molar-refractivity contribution in [2.24, 2.45) is 0 Å². The third-order valence-electron chi connectivity index (χ3n) is 6.09. The first-order valence-electron chi connectivity index (χ1n) is 12.2. The predicted molar refractivity (Wildman–Crippen MR) is 146 cm³/mol. The third kappa shape index (κ3) is 6.87. The monoisotopic (exact) mass is 548 g/mol. The van der Waals surface area contributed by atoms with Gasteiger partial charge in [-0.3, -0.25) is 14.6 Å². The highest BCUT2D eigenvalue weighted by Gasteiger charge is 2.25. The number of hydrogen-bond acceptors (Lipinski definition) is 9. The Kier molecular flexibility index (Phi) is 8.15. The van der Waals surface area contributed by atoms with Gasteiger partial charge in [0.25, 0.3) is 0 Å². The van der Waals surface area contributed by atoms with Gasteiger partial charge in [0.1, 0.15) is 5.01 Å². The number of benzene rings is 1. The number of nitrogens with one attached hydrogen (secondary N) is 2. The van der Waals surface area contributed by atoms with E-state index in [1.165, 1.54) is 11.3 Å². The summed E-state index contributed by atoms with van der Waals surface area (Å²) in [7, 11) is 0. The number of pyridine rings is 1. The molecule has 2 N–H and O–H groups in total. The summed E-state index contributed by atoms with van der Waals surface area (Å²) in [6, 6.07) is 16.3. The minimum Gasteiger partial charge on any atom is -0.355 e. The lowest BCUT2D eigenvalue weighted by Crippen LogP contribution is -2.33. The van der Waals surface area contributed by atoms with E-state index in [4.69, 9.17) is 11.6 Å². The van der Waals surface area contributed by atoms with E-state index in [1.807, 2.05) is 30.3 Å². The SMILES string of the molecule is O=C(Cc1ccccn1)Nc1ccc(N2CCC(c3nnc(NC(=O)Cc4cccc(Cl)c4)s3)CC2)nn1. The van der Waals surface area contributed by atoms with Crippen LogP contribution in [0.2, 0.25) is 5.02 Å². The molecule has 0 unspecified atom stereocenters. The Bertz CT molecular complexity index is 1390. The second-order valence-corrected chi connectivity index (χ2v) is 10.3. The van der Waals surface area contributed by atoms with Gasteiger partial charge in [-0.1, -0.05) is 41.1 Å². The van der Waals surface area contributed by atoms with Gasteiger partial charge in [0.2, 0.25) is 16.9 Å². The Morgan fingerprint density at radius 3 is 2.50 bits per heavy atom. The normalized spacial score (nSPS) is 13.8. The minimum atomic E-state index is -0.191. The largest absolute Gasteiger partial charge is 0.355 e. The maximum Gasteiger partial charge on any atom is 0.231 e. The Morgan fingerprint density at radius 1 is 0.921 bits per heavy atom. The van der Waals surface area contributed by atoms with Crippen LogP contribution in [0.25, 0.3) is 0 Å². The van der Waals surface area contributed by atoms with Crippen molar-refractivity contribution in [2.75, 3.05) is 28.6 Å². The van der Waals surface area contributed by atoms with Gasteiger partial charge in [0.05, 0.1) is 12.8 Å². The number of nitrogens with zero attached hydrogens (tertiary/aromatic N) is 6. The van der Waals surface area contributed by atoms with E-state index in [1.54, 1.807) is 30.5 Å². The molecule has 0 aliphatic carbocycles. The topological polar surface area (TPSA) is 126 Å². The molecule has 0 bridgehead atoms. The number of halogens is 1. The fraction of sp³-hybridized carbons (Fsp3) is 0.269. The van der Waals surface area contributed by atoms with Crippen LogP contribution in [0.5, 0.6) is 0 Å². The molecule has 0 spiro atoms. The Balaban J connectivity index is 1.09. The van der Waals surface area contributed by atoms with Crippen molar-refractivity contribution in [3.63, 3.8) is 0 Å². The molecule has 0 atom stereocenters. The van der Waals surface area contributed by atoms with Crippen LogP contribution in [-0.4, -0.2) is 50.3 Å². The first kappa shape index (κ1) is 25.7. The second-order valence-electron chi connectivity index (χ2n) is 8.88. The van der Waals surface area contributed by atoms with Crippen molar-refractivity contribution in [2.45, 2.75) is 31.6 Å². The summed E-state index contributed by atoms with van der Waals surface area (Å²) in [6.07, 6.45) is 3.83. The highest BCUT2D eigenvalue weighted by Crippen LogP contribution is 2.33.